The molecule has 1 aromatic carbocycles. The van der Waals surface area contributed by atoms with Crippen molar-refractivity contribution in [2.75, 3.05) is 21.5 Å². The number of aromatic nitrogens is 2. The van der Waals surface area contributed by atoms with Crippen molar-refractivity contribution in [1.82, 2.24) is 9.97 Å². The minimum absolute atomic E-state index is 0.0196. The summed E-state index contributed by atoms with van der Waals surface area (Å²) in [5.74, 6) is -0.879. The molecule has 15 heteroatoms. The molecule has 0 atom stereocenters. The van der Waals surface area contributed by atoms with Crippen molar-refractivity contribution in [2.24, 2.45) is 0 Å². The first-order valence-electron chi connectivity index (χ1n) is 10.4. The van der Waals surface area contributed by atoms with Gasteiger partial charge in [-0.1, -0.05) is 23.7 Å². The molecule has 0 spiro atoms. The predicted molar refractivity (Wildman–Crippen MR) is 129 cm³/mol. The van der Waals surface area contributed by atoms with Gasteiger partial charge < -0.3 is 5.11 Å². The number of alkyl halides is 3. The molecule has 0 unspecified atom stereocenters. The van der Waals surface area contributed by atoms with E-state index >= 15 is 0 Å². The number of carbonyl (C=O) groups excluding carboxylic acids is 1. The monoisotopic (exact) mass is 557 g/mol. The average molecular weight is 558 g/mol. The molecule has 0 aliphatic heterocycles. The van der Waals surface area contributed by atoms with Gasteiger partial charge in [0, 0.05) is 12.7 Å². The lowest BCUT2D eigenvalue weighted by molar-refractivity contribution is -0.138. The molecule has 10 nitrogen and oxygen atoms in total. The van der Waals surface area contributed by atoms with E-state index in [9.17, 15) is 31.2 Å². The van der Waals surface area contributed by atoms with Crippen LogP contribution in [0.25, 0.3) is 0 Å². The van der Waals surface area contributed by atoms with Gasteiger partial charge in [0.15, 0.2) is 5.69 Å². The van der Waals surface area contributed by atoms with Gasteiger partial charge in [0.1, 0.15) is 11.6 Å². The standard InChI is InChI=1S/C22H19ClF3N5O5S/c1-3-31(18-6-4-5-17(28-18)29-21(33)34)20(32)19-16(9-13(23)11-27-19)30-37(35,36)14-8-7-12(2)15(10-14)22(24,25)26/h4-11,30H,3H2,1-2H3,(H,28,29)(H,33,34). The molecule has 3 aromatic rings. The van der Waals surface area contributed by atoms with Crippen molar-refractivity contribution in [1.29, 1.82) is 0 Å². The highest BCUT2D eigenvalue weighted by molar-refractivity contribution is 7.92. The molecule has 2 aromatic heterocycles. The number of anilines is 3. The van der Waals surface area contributed by atoms with E-state index in [1.807, 2.05) is 0 Å². The van der Waals surface area contributed by atoms with E-state index in [4.69, 9.17) is 16.7 Å². The first-order valence-corrected chi connectivity index (χ1v) is 12.2. The topological polar surface area (TPSA) is 142 Å². The fourth-order valence-electron chi connectivity index (χ4n) is 3.26. The van der Waals surface area contributed by atoms with Crippen LogP contribution in [0, 0.1) is 6.92 Å². The summed E-state index contributed by atoms with van der Waals surface area (Å²) >= 11 is 5.95. The van der Waals surface area contributed by atoms with Crippen molar-refractivity contribution < 1.29 is 36.3 Å². The molecule has 0 saturated carbocycles. The lowest BCUT2D eigenvalue weighted by Crippen LogP contribution is -2.33. The number of aryl methyl sites for hydroxylation is 1. The van der Waals surface area contributed by atoms with E-state index < -0.39 is 44.4 Å². The minimum Gasteiger partial charge on any atom is -0.465 e. The van der Waals surface area contributed by atoms with Gasteiger partial charge in [0.25, 0.3) is 15.9 Å². The van der Waals surface area contributed by atoms with E-state index in [1.54, 1.807) is 6.92 Å². The number of rotatable bonds is 7. The smallest absolute Gasteiger partial charge is 0.416 e. The summed E-state index contributed by atoms with van der Waals surface area (Å²) in [5, 5.41) is 10.9. The molecular formula is C22H19ClF3N5O5S. The van der Waals surface area contributed by atoms with Crippen LogP contribution in [0.3, 0.4) is 0 Å². The van der Waals surface area contributed by atoms with Crippen LogP contribution in [0.5, 0.6) is 0 Å². The normalized spacial score (nSPS) is 11.6. The highest BCUT2D eigenvalue weighted by Crippen LogP contribution is 2.34. The lowest BCUT2D eigenvalue weighted by Gasteiger charge is -2.21. The lowest BCUT2D eigenvalue weighted by atomic mass is 10.1. The Morgan fingerprint density at radius 3 is 2.49 bits per heavy atom. The highest BCUT2D eigenvalue weighted by atomic mass is 35.5. The first kappa shape index (κ1) is 27.7. The molecule has 2 heterocycles. The molecule has 0 aliphatic rings. The van der Waals surface area contributed by atoms with Crippen molar-refractivity contribution in [3.8, 4) is 0 Å². The van der Waals surface area contributed by atoms with Crippen molar-refractivity contribution in [2.45, 2.75) is 24.9 Å². The third-order valence-electron chi connectivity index (χ3n) is 4.93. The van der Waals surface area contributed by atoms with E-state index in [-0.39, 0.29) is 34.5 Å². The Morgan fingerprint density at radius 1 is 1.16 bits per heavy atom. The van der Waals surface area contributed by atoms with Crippen molar-refractivity contribution in [3.63, 3.8) is 0 Å². The maximum Gasteiger partial charge on any atom is 0.416 e. The van der Waals surface area contributed by atoms with Gasteiger partial charge >= 0.3 is 12.3 Å². The van der Waals surface area contributed by atoms with Crippen LogP contribution >= 0.6 is 11.6 Å². The Hall–Kier alpha value is -3.91. The molecule has 196 valence electrons. The SMILES string of the molecule is CCN(C(=O)c1ncc(Cl)cc1NS(=O)(=O)c1ccc(C)c(C(F)(F)F)c1)c1cccc(NC(=O)O)n1. The predicted octanol–water partition coefficient (Wildman–Crippen LogP) is 5.01. The molecule has 2 amide bonds. The van der Waals surface area contributed by atoms with Crippen LogP contribution in [-0.4, -0.2) is 42.0 Å². The number of benzene rings is 1. The third kappa shape index (κ3) is 6.46. The van der Waals surface area contributed by atoms with E-state index in [1.165, 1.54) is 25.1 Å². The fraction of sp³-hybridized carbons (Fsp3) is 0.182. The molecule has 3 N–H and O–H groups in total. The molecule has 0 radical (unpaired) electrons. The Balaban J connectivity index is 2.02. The van der Waals surface area contributed by atoms with Crippen LogP contribution in [0.2, 0.25) is 5.02 Å². The van der Waals surface area contributed by atoms with E-state index in [0.717, 1.165) is 29.3 Å². The number of amides is 2. The first-order chi connectivity index (χ1) is 17.2. The van der Waals surface area contributed by atoms with Gasteiger partial charge in [-0.25, -0.2) is 23.2 Å². The summed E-state index contributed by atoms with van der Waals surface area (Å²) in [7, 11) is -4.61. The van der Waals surface area contributed by atoms with E-state index in [0.29, 0.717) is 6.07 Å². The van der Waals surface area contributed by atoms with Gasteiger partial charge in [-0.3, -0.25) is 19.7 Å². The molecule has 3 rings (SSSR count). The number of hydrogen-bond donors (Lipinski definition) is 3. The number of carboxylic acid groups (broad SMARTS) is 1. The van der Waals surface area contributed by atoms with Gasteiger partial charge in [-0.15, -0.1) is 0 Å². The molecular weight excluding hydrogens is 539 g/mol. The van der Waals surface area contributed by atoms with Crippen LogP contribution < -0.4 is 14.9 Å². The molecule has 0 saturated heterocycles. The van der Waals surface area contributed by atoms with Gasteiger partial charge in [-0.2, -0.15) is 13.2 Å². The molecule has 0 aliphatic carbocycles. The second-order valence-electron chi connectivity index (χ2n) is 7.49. The van der Waals surface area contributed by atoms with Crippen LogP contribution in [-0.2, 0) is 16.2 Å². The summed E-state index contributed by atoms with van der Waals surface area (Å²) in [6, 6.07) is 7.80. The summed E-state index contributed by atoms with van der Waals surface area (Å²) in [4.78, 5) is 32.7. The fourth-order valence-corrected chi connectivity index (χ4v) is 4.50. The van der Waals surface area contributed by atoms with Gasteiger partial charge in [0.05, 0.1) is 21.2 Å². The van der Waals surface area contributed by atoms with Gasteiger partial charge in [0.2, 0.25) is 0 Å². The van der Waals surface area contributed by atoms with E-state index in [2.05, 4.69) is 20.0 Å². The minimum atomic E-state index is -4.78. The Morgan fingerprint density at radius 2 is 1.86 bits per heavy atom. The Labute approximate surface area is 214 Å². The number of hydrogen-bond acceptors (Lipinski definition) is 6. The molecule has 0 bridgehead atoms. The van der Waals surface area contributed by atoms with Crippen LogP contribution in [0.1, 0.15) is 28.5 Å². The number of nitrogens with one attached hydrogen (secondary N) is 2. The Bertz CT molecular complexity index is 1470. The molecule has 37 heavy (non-hydrogen) atoms. The van der Waals surface area contributed by atoms with Gasteiger partial charge in [-0.05, 0) is 49.7 Å². The maximum absolute atomic E-state index is 13.4. The zero-order chi connectivity index (χ0) is 27.5. The van der Waals surface area contributed by atoms with Crippen LogP contribution in [0.15, 0.2) is 53.6 Å². The number of halogens is 4. The summed E-state index contributed by atoms with van der Waals surface area (Å²) in [6.45, 7) is 2.80. The zero-order valence-electron chi connectivity index (χ0n) is 19.2. The highest BCUT2D eigenvalue weighted by Gasteiger charge is 2.34. The van der Waals surface area contributed by atoms with Crippen molar-refractivity contribution >= 4 is 50.9 Å². The third-order valence-corrected chi connectivity index (χ3v) is 6.50. The quantitative estimate of drug-likeness (QED) is 0.370. The largest absolute Gasteiger partial charge is 0.465 e. The number of sulfonamides is 1. The van der Waals surface area contributed by atoms with Crippen LogP contribution in [0.4, 0.5) is 35.3 Å². The van der Waals surface area contributed by atoms with Crippen molar-refractivity contribution in [3.05, 3.63) is 70.5 Å². The zero-order valence-corrected chi connectivity index (χ0v) is 20.7. The number of nitrogens with zero attached hydrogens (tertiary/aromatic N) is 3. The maximum atomic E-state index is 13.4. The second kappa shape index (κ2) is 10.6. The Kier molecular flexibility index (Phi) is 7.93. The second-order valence-corrected chi connectivity index (χ2v) is 9.61. The summed E-state index contributed by atoms with van der Waals surface area (Å²) in [5.41, 5.74) is -2.10. The number of pyridine rings is 2. The summed E-state index contributed by atoms with van der Waals surface area (Å²) in [6.07, 6.45) is -5.07. The summed E-state index contributed by atoms with van der Waals surface area (Å²) < 4.78 is 68.0. The number of carbonyl (C=O) groups is 2. The molecule has 0 fully saturated rings. The average Bonchev–Trinajstić information content (AvgIpc) is 2.78.